The van der Waals surface area contributed by atoms with Crippen molar-refractivity contribution in [3.63, 3.8) is 0 Å². The number of rotatable bonds is 2. The smallest absolute Gasteiger partial charge is 0.351 e. The van der Waals surface area contributed by atoms with E-state index in [1.54, 1.807) is 0 Å². The average Bonchev–Trinajstić information content (AvgIpc) is 2.68. The molecule has 0 saturated carbocycles. The zero-order chi connectivity index (χ0) is 14.2. The van der Waals surface area contributed by atoms with Gasteiger partial charge in [-0.25, -0.2) is 9.78 Å². The molecule has 1 saturated heterocycles. The topological polar surface area (TPSA) is 51.7 Å². The second-order valence-electron chi connectivity index (χ2n) is 5.18. The van der Waals surface area contributed by atoms with Crippen LogP contribution in [-0.2, 0) is 9.47 Å². The van der Waals surface area contributed by atoms with Crippen LogP contribution in [0.2, 0.25) is 5.15 Å². The summed E-state index contributed by atoms with van der Waals surface area (Å²) in [6, 6.07) is 0. The summed E-state index contributed by atoms with van der Waals surface area (Å²) < 4.78 is 10.5. The maximum absolute atomic E-state index is 11.5. The molecule has 1 aliphatic rings. The lowest BCUT2D eigenvalue weighted by Crippen LogP contribution is -2.52. The van der Waals surface area contributed by atoms with Crippen LogP contribution in [0.15, 0.2) is 0 Å². The molecular formula is C12H17ClN2O3S. The van der Waals surface area contributed by atoms with Gasteiger partial charge in [-0.15, -0.1) is 0 Å². The number of morpholine rings is 1. The van der Waals surface area contributed by atoms with Gasteiger partial charge in [0.2, 0.25) is 0 Å². The minimum atomic E-state index is -0.450. The van der Waals surface area contributed by atoms with Crippen molar-refractivity contribution >= 4 is 34.0 Å². The molecule has 1 aromatic heterocycles. The Bertz CT molecular complexity index is 489. The first kappa shape index (κ1) is 14.6. The number of ether oxygens (including phenoxy) is 2. The average molecular weight is 305 g/mol. The molecular weight excluding hydrogens is 288 g/mol. The van der Waals surface area contributed by atoms with Crippen LogP contribution in [0.25, 0.3) is 0 Å². The van der Waals surface area contributed by atoms with Crippen LogP contribution in [0.1, 0.15) is 30.4 Å². The second-order valence-corrected chi connectivity index (χ2v) is 6.51. The van der Waals surface area contributed by atoms with Crippen molar-refractivity contribution in [2.45, 2.75) is 32.5 Å². The van der Waals surface area contributed by atoms with E-state index in [2.05, 4.69) is 14.6 Å². The van der Waals surface area contributed by atoms with Gasteiger partial charge in [0.05, 0.1) is 18.8 Å². The van der Waals surface area contributed by atoms with Crippen molar-refractivity contribution in [2.24, 2.45) is 0 Å². The highest BCUT2D eigenvalue weighted by atomic mass is 35.5. The third kappa shape index (κ3) is 3.19. The van der Waals surface area contributed by atoms with Crippen molar-refractivity contribution in [3.05, 3.63) is 10.0 Å². The highest BCUT2D eigenvalue weighted by Gasteiger charge is 2.33. The molecule has 7 heteroatoms. The summed E-state index contributed by atoms with van der Waals surface area (Å²) in [4.78, 5) is 18.2. The summed E-state index contributed by atoms with van der Waals surface area (Å²) in [6.45, 7) is 7.53. The van der Waals surface area contributed by atoms with Crippen molar-refractivity contribution < 1.29 is 14.3 Å². The third-order valence-corrected chi connectivity index (χ3v) is 4.27. The summed E-state index contributed by atoms with van der Waals surface area (Å²) in [5.74, 6) is -0.450. The van der Waals surface area contributed by atoms with Crippen molar-refractivity contribution in [1.29, 1.82) is 0 Å². The Hall–Kier alpha value is -0.850. The molecule has 0 bridgehead atoms. The number of methoxy groups -OCH3 is 1. The molecule has 1 atom stereocenters. The van der Waals surface area contributed by atoms with E-state index in [0.717, 1.165) is 11.7 Å². The van der Waals surface area contributed by atoms with Crippen LogP contribution in [-0.4, -0.2) is 42.9 Å². The Morgan fingerprint density at radius 1 is 1.63 bits per heavy atom. The molecule has 0 aromatic carbocycles. The fourth-order valence-corrected chi connectivity index (χ4v) is 3.45. The van der Waals surface area contributed by atoms with E-state index < -0.39 is 5.97 Å². The highest BCUT2D eigenvalue weighted by Crippen LogP contribution is 2.33. The summed E-state index contributed by atoms with van der Waals surface area (Å²) in [6.07, 6.45) is 0.105. The van der Waals surface area contributed by atoms with Gasteiger partial charge in [-0.1, -0.05) is 22.9 Å². The normalized spacial score (nSPS) is 22.4. The maximum Gasteiger partial charge on any atom is 0.351 e. The number of hydrogen-bond acceptors (Lipinski definition) is 6. The van der Waals surface area contributed by atoms with Crippen LogP contribution >= 0.6 is 22.9 Å². The van der Waals surface area contributed by atoms with Gasteiger partial charge in [0.25, 0.3) is 0 Å². The molecule has 0 amide bonds. The fraction of sp³-hybridized carbons (Fsp3) is 0.667. The number of thiazole rings is 1. The van der Waals surface area contributed by atoms with Gasteiger partial charge >= 0.3 is 5.97 Å². The van der Waals surface area contributed by atoms with E-state index in [1.807, 2.05) is 20.8 Å². The molecule has 1 aromatic rings. The predicted molar refractivity (Wildman–Crippen MR) is 75.3 cm³/mol. The fourth-order valence-electron chi connectivity index (χ4n) is 2.24. The lowest BCUT2D eigenvalue weighted by molar-refractivity contribution is -0.0749. The van der Waals surface area contributed by atoms with Gasteiger partial charge in [-0.3, -0.25) is 0 Å². The number of esters is 1. The molecule has 0 radical (unpaired) electrons. The molecule has 106 valence electrons. The van der Waals surface area contributed by atoms with Crippen LogP contribution in [0, 0.1) is 0 Å². The van der Waals surface area contributed by atoms with Gasteiger partial charge in [0.1, 0.15) is 0 Å². The Balaban J connectivity index is 2.25. The van der Waals surface area contributed by atoms with Gasteiger partial charge in [-0.05, 0) is 20.8 Å². The van der Waals surface area contributed by atoms with Gasteiger partial charge < -0.3 is 14.4 Å². The summed E-state index contributed by atoms with van der Waals surface area (Å²) >= 11 is 7.24. The van der Waals surface area contributed by atoms with Crippen LogP contribution < -0.4 is 4.90 Å². The Morgan fingerprint density at radius 3 is 2.89 bits per heavy atom. The summed E-state index contributed by atoms with van der Waals surface area (Å²) in [7, 11) is 1.33. The van der Waals surface area contributed by atoms with Crippen molar-refractivity contribution in [3.8, 4) is 0 Å². The van der Waals surface area contributed by atoms with Crippen molar-refractivity contribution in [1.82, 2.24) is 4.98 Å². The van der Waals surface area contributed by atoms with Crippen LogP contribution in [0.4, 0.5) is 5.13 Å². The minimum Gasteiger partial charge on any atom is -0.465 e. The first-order valence-electron chi connectivity index (χ1n) is 6.00. The number of carbonyl (C=O) groups excluding carboxylic acids is 1. The molecule has 5 nitrogen and oxygen atoms in total. The van der Waals surface area contributed by atoms with E-state index in [1.165, 1.54) is 18.4 Å². The molecule has 0 aliphatic carbocycles. The van der Waals surface area contributed by atoms with Gasteiger partial charge in [0, 0.05) is 13.1 Å². The van der Waals surface area contributed by atoms with Gasteiger partial charge in [0.15, 0.2) is 15.2 Å². The van der Waals surface area contributed by atoms with E-state index in [-0.39, 0.29) is 16.9 Å². The molecule has 19 heavy (non-hydrogen) atoms. The second kappa shape index (κ2) is 5.26. The molecule has 0 N–H and O–H groups in total. The van der Waals surface area contributed by atoms with Crippen LogP contribution in [0.3, 0.4) is 0 Å². The monoisotopic (exact) mass is 304 g/mol. The molecule has 1 fully saturated rings. The first-order chi connectivity index (χ1) is 8.82. The minimum absolute atomic E-state index is 0.105. The summed E-state index contributed by atoms with van der Waals surface area (Å²) in [5.41, 5.74) is -0.249. The largest absolute Gasteiger partial charge is 0.465 e. The SMILES string of the molecule is COC(=O)c1sc(N2CC(C)OC(C)(C)C2)nc1Cl. The number of carbonyl (C=O) groups is 1. The van der Waals surface area contributed by atoms with E-state index in [0.29, 0.717) is 11.4 Å². The third-order valence-electron chi connectivity index (χ3n) is 2.79. The quantitative estimate of drug-likeness (QED) is 0.786. The predicted octanol–water partition coefficient (Wildman–Crippen LogP) is 2.59. The Labute approximate surface area is 121 Å². The number of nitrogens with zero attached hydrogens (tertiary/aromatic N) is 2. The lowest BCUT2D eigenvalue weighted by Gasteiger charge is -2.41. The number of anilines is 1. The Morgan fingerprint density at radius 2 is 2.32 bits per heavy atom. The molecule has 2 heterocycles. The molecule has 1 aliphatic heterocycles. The lowest BCUT2D eigenvalue weighted by atomic mass is 10.1. The van der Waals surface area contributed by atoms with E-state index in [4.69, 9.17) is 16.3 Å². The molecule has 1 unspecified atom stereocenters. The van der Waals surface area contributed by atoms with Crippen molar-refractivity contribution in [2.75, 3.05) is 25.1 Å². The van der Waals surface area contributed by atoms with Crippen LogP contribution in [0.5, 0.6) is 0 Å². The molecule has 0 spiro atoms. The standard InChI is InChI=1S/C12H17ClN2O3S/c1-7-5-15(6-12(2,3)18-7)11-14-9(13)8(19-11)10(16)17-4/h7H,5-6H2,1-4H3. The summed E-state index contributed by atoms with van der Waals surface area (Å²) in [5, 5.41) is 0.928. The Kier molecular flexibility index (Phi) is 4.03. The first-order valence-corrected chi connectivity index (χ1v) is 7.19. The highest BCUT2D eigenvalue weighted by molar-refractivity contribution is 7.18. The van der Waals surface area contributed by atoms with E-state index >= 15 is 0 Å². The van der Waals surface area contributed by atoms with Gasteiger partial charge in [-0.2, -0.15) is 0 Å². The zero-order valence-electron chi connectivity index (χ0n) is 11.4. The zero-order valence-corrected chi connectivity index (χ0v) is 13.0. The van der Waals surface area contributed by atoms with E-state index in [9.17, 15) is 4.79 Å². The maximum atomic E-state index is 11.5. The number of halogens is 1. The number of hydrogen-bond donors (Lipinski definition) is 0. The number of aromatic nitrogens is 1. The molecule has 2 rings (SSSR count).